The predicted octanol–water partition coefficient (Wildman–Crippen LogP) is 2.93. The molecule has 8 heteroatoms. The predicted molar refractivity (Wildman–Crippen MR) is 100 cm³/mol. The zero-order valence-electron chi connectivity index (χ0n) is 14.1. The first kappa shape index (κ1) is 19.9. The summed E-state index contributed by atoms with van der Waals surface area (Å²) in [5.41, 5.74) is 0.256. The third-order valence-corrected chi connectivity index (χ3v) is 3.89. The van der Waals surface area contributed by atoms with E-state index in [1.807, 2.05) is 0 Å². The van der Waals surface area contributed by atoms with Crippen molar-refractivity contribution in [2.75, 3.05) is 26.8 Å². The van der Waals surface area contributed by atoms with Gasteiger partial charge in [0.05, 0.1) is 30.8 Å². The molecule has 0 aromatic heterocycles. The van der Waals surface area contributed by atoms with Crippen LogP contribution in [0.3, 0.4) is 0 Å². The summed E-state index contributed by atoms with van der Waals surface area (Å²) in [5, 5.41) is 5.80. The number of halogens is 2. The van der Waals surface area contributed by atoms with Crippen LogP contribution < -0.4 is 20.1 Å². The van der Waals surface area contributed by atoms with Crippen molar-refractivity contribution in [3.63, 3.8) is 0 Å². The van der Waals surface area contributed by atoms with E-state index in [0.717, 1.165) is 5.75 Å². The van der Waals surface area contributed by atoms with Crippen molar-refractivity contribution < 1.29 is 19.1 Å². The summed E-state index contributed by atoms with van der Waals surface area (Å²) >= 11 is 11.7. The number of benzene rings is 2. The zero-order valence-corrected chi connectivity index (χ0v) is 15.6. The van der Waals surface area contributed by atoms with E-state index in [9.17, 15) is 9.59 Å². The topological polar surface area (TPSA) is 76.7 Å². The van der Waals surface area contributed by atoms with Crippen LogP contribution in [0.2, 0.25) is 10.0 Å². The van der Waals surface area contributed by atoms with Crippen LogP contribution in [0.15, 0.2) is 42.5 Å². The summed E-state index contributed by atoms with van der Waals surface area (Å²) in [5.74, 6) is 0.631. The molecule has 0 bridgehead atoms. The highest BCUT2D eigenvalue weighted by atomic mass is 35.5. The molecule has 2 aromatic rings. The fourth-order valence-electron chi connectivity index (χ4n) is 2.02. The Morgan fingerprint density at radius 2 is 1.69 bits per heavy atom. The van der Waals surface area contributed by atoms with Crippen molar-refractivity contribution in [2.45, 2.75) is 0 Å². The third-order valence-electron chi connectivity index (χ3n) is 3.34. The fraction of sp³-hybridized carbons (Fsp3) is 0.222. The Balaban J connectivity index is 1.67. The van der Waals surface area contributed by atoms with E-state index in [-0.39, 0.29) is 23.0 Å². The molecular formula is C18H18Cl2N2O4. The summed E-state index contributed by atoms with van der Waals surface area (Å²) in [6.07, 6.45) is 0. The Morgan fingerprint density at radius 3 is 2.35 bits per heavy atom. The Labute approximate surface area is 161 Å². The van der Waals surface area contributed by atoms with Crippen molar-refractivity contribution in [3.05, 3.63) is 58.1 Å². The van der Waals surface area contributed by atoms with Gasteiger partial charge < -0.3 is 20.1 Å². The molecule has 0 saturated carbocycles. The van der Waals surface area contributed by atoms with Crippen molar-refractivity contribution >= 4 is 35.0 Å². The van der Waals surface area contributed by atoms with Gasteiger partial charge >= 0.3 is 0 Å². The number of carbonyl (C=O) groups excluding carboxylic acids is 2. The Bertz CT molecular complexity index is 766. The first-order chi connectivity index (χ1) is 12.5. The molecular weight excluding hydrogens is 379 g/mol. The van der Waals surface area contributed by atoms with Gasteiger partial charge in [0.15, 0.2) is 0 Å². The number of hydrogen-bond donors (Lipinski definition) is 2. The number of methoxy groups -OCH3 is 1. The zero-order chi connectivity index (χ0) is 18.9. The summed E-state index contributed by atoms with van der Waals surface area (Å²) in [4.78, 5) is 23.8. The number of ether oxygens (including phenoxy) is 2. The van der Waals surface area contributed by atoms with Gasteiger partial charge in [0, 0.05) is 5.02 Å². The Hall–Kier alpha value is -2.44. The Morgan fingerprint density at radius 1 is 1.00 bits per heavy atom. The molecule has 0 atom stereocenters. The SMILES string of the molecule is COc1ccc(OCCNC(=O)CNC(=O)c2ccc(Cl)cc2Cl)cc1. The lowest BCUT2D eigenvalue weighted by atomic mass is 10.2. The molecule has 2 rings (SSSR count). The molecule has 26 heavy (non-hydrogen) atoms. The second kappa shape index (κ2) is 9.89. The van der Waals surface area contributed by atoms with Gasteiger partial charge in [-0.05, 0) is 42.5 Å². The number of amides is 2. The average Bonchev–Trinajstić information content (AvgIpc) is 2.63. The van der Waals surface area contributed by atoms with Gasteiger partial charge in [0.25, 0.3) is 5.91 Å². The molecule has 0 radical (unpaired) electrons. The van der Waals surface area contributed by atoms with E-state index in [1.165, 1.54) is 12.1 Å². The maximum Gasteiger partial charge on any atom is 0.253 e. The second-order valence-electron chi connectivity index (χ2n) is 5.18. The molecule has 0 spiro atoms. The number of nitrogens with one attached hydrogen (secondary N) is 2. The van der Waals surface area contributed by atoms with E-state index in [0.29, 0.717) is 23.9 Å². The second-order valence-corrected chi connectivity index (χ2v) is 6.02. The van der Waals surface area contributed by atoms with E-state index in [2.05, 4.69) is 10.6 Å². The molecule has 2 aromatic carbocycles. The van der Waals surface area contributed by atoms with Crippen LogP contribution >= 0.6 is 23.2 Å². The number of rotatable bonds is 8. The summed E-state index contributed by atoms with van der Waals surface area (Å²) in [6.45, 7) is 0.442. The third kappa shape index (κ3) is 6.13. The van der Waals surface area contributed by atoms with Crippen LogP contribution in [0.5, 0.6) is 11.5 Å². The van der Waals surface area contributed by atoms with Crippen LogP contribution in [0, 0.1) is 0 Å². The normalized spacial score (nSPS) is 10.1. The molecule has 6 nitrogen and oxygen atoms in total. The molecule has 0 aliphatic carbocycles. The molecule has 0 heterocycles. The standard InChI is InChI=1S/C18H18Cl2N2O4/c1-25-13-3-5-14(6-4-13)26-9-8-21-17(23)11-22-18(24)15-7-2-12(19)10-16(15)20/h2-7,10H,8-9,11H2,1H3,(H,21,23)(H,22,24). The maximum atomic E-state index is 12.0. The first-order valence-electron chi connectivity index (χ1n) is 7.76. The van der Waals surface area contributed by atoms with Gasteiger partial charge in [0.2, 0.25) is 5.91 Å². The smallest absolute Gasteiger partial charge is 0.253 e. The van der Waals surface area contributed by atoms with E-state index < -0.39 is 5.91 Å². The molecule has 2 N–H and O–H groups in total. The lowest BCUT2D eigenvalue weighted by molar-refractivity contribution is -0.120. The quantitative estimate of drug-likeness (QED) is 0.672. The van der Waals surface area contributed by atoms with Gasteiger partial charge in [-0.25, -0.2) is 0 Å². The molecule has 0 saturated heterocycles. The van der Waals surface area contributed by atoms with Crippen LogP contribution in [-0.2, 0) is 4.79 Å². The van der Waals surface area contributed by atoms with Crippen LogP contribution in [0.1, 0.15) is 10.4 Å². The van der Waals surface area contributed by atoms with Crippen molar-refractivity contribution in [1.82, 2.24) is 10.6 Å². The summed E-state index contributed by atoms with van der Waals surface area (Å²) in [6, 6.07) is 11.6. The van der Waals surface area contributed by atoms with Crippen LogP contribution in [-0.4, -0.2) is 38.6 Å². The van der Waals surface area contributed by atoms with Crippen molar-refractivity contribution in [2.24, 2.45) is 0 Å². The highest BCUT2D eigenvalue weighted by Crippen LogP contribution is 2.20. The molecule has 0 unspecified atom stereocenters. The van der Waals surface area contributed by atoms with E-state index in [1.54, 1.807) is 37.4 Å². The number of carbonyl (C=O) groups is 2. The van der Waals surface area contributed by atoms with E-state index >= 15 is 0 Å². The van der Waals surface area contributed by atoms with Gasteiger partial charge in [-0.2, -0.15) is 0 Å². The number of hydrogen-bond acceptors (Lipinski definition) is 4. The first-order valence-corrected chi connectivity index (χ1v) is 8.52. The van der Waals surface area contributed by atoms with Crippen LogP contribution in [0.4, 0.5) is 0 Å². The minimum atomic E-state index is -0.448. The average molecular weight is 397 g/mol. The summed E-state index contributed by atoms with van der Waals surface area (Å²) in [7, 11) is 1.59. The molecule has 0 aliphatic rings. The summed E-state index contributed by atoms with van der Waals surface area (Å²) < 4.78 is 10.5. The van der Waals surface area contributed by atoms with Gasteiger partial charge in [0.1, 0.15) is 18.1 Å². The molecule has 2 amide bonds. The lowest BCUT2D eigenvalue weighted by Gasteiger charge is -2.09. The minimum absolute atomic E-state index is 0.166. The fourth-order valence-corrected chi connectivity index (χ4v) is 2.52. The van der Waals surface area contributed by atoms with Crippen molar-refractivity contribution in [3.8, 4) is 11.5 Å². The van der Waals surface area contributed by atoms with Crippen LogP contribution in [0.25, 0.3) is 0 Å². The Kier molecular flexibility index (Phi) is 7.56. The molecule has 0 aliphatic heterocycles. The minimum Gasteiger partial charge on any atom is -0.497 e. The monoisotopic (exact) mass is 396 g/mol. The molecule has 138 valence electrons. The highest BCUT2D eigenvalue weighted by Gasteiger charge is 2.11. The maximum absolute atomic E-state index is 12.0. The van der Waals surface area contributed by atoms with E-state index in [4.69, 9.17) is 32.7 Å². The lowest BCUT2D eigenvalue weighted by Crippen LogP contribution is -2.38. The highest BCUT2D eigenvalue weighted by molar-refractivity contribution is 6.36. The van der Waals surface area contributed by atoms with Gasteiger partial charge in [-0.1, -0.05) is 23.2 Å². The molecule has 0 fully saturated rings. The largest absolute Gasteiger partial charge is 0.497 e. The van der Waals surface area contributed by atoms with Gasteiger partial charge in [-0.15, -0.1) is 0 Å². The van der Waals surface area contributed by atoms with Crippen molar-refractivity contribution in [1.29, 1.82) is 0 Å². The van der Waals surface area contributed by atoms with Gasteiger partial charge in [-0.3, -0.25) is 9.59 Å².